The summed E-state index contributed by atoms with van der Waals surface area (Å²) in [5, 5.41) is 9.78. The predicted molar refractivity (Wildman–Crippen MR) is 66.2 cm³/mol. The Kier molecular flexibility index (Phi) is 5.06. The number of benzene rings is 1. The Balaban J connectivity index is 3.08. The molecule has 1 aromatic carbocycles. The van der Waals surface area contributed by atoms with E-state index in [9.17, 15) is 5.11 Å². The smallest absolute Gasteiger partial charge is 0.138 e. The quantitative estimate of drug-likeness (QED) is 0.833. The Morgan fingerprint density at radius 3 is 2.69 bits per heavy atom. The second kappa shape index (κ2) is 6.09. The first-order valence-corrected chi connectivity index (χ1v) is 5.75. The SMILES string of the molecule is CCOc1cc(C)c(C(CN)CO)cc1Cl. The van der Waals surface area contributed by atoms with Gasteiger partial charge in [-0.05, 0) is 37.1 Å². The van der Waals surface area contributed by atoms with Gasteiger partial charge in [0.15, 0.2) is 0 Å². The summed E-state index contributed by atoms with van der Waals surface area (Å²) >= 11 is 6.09. The molecule has 0 fully saturated rings. The van der Waals surface area contributed by atoms with Crippen molar-refractivity contribution in [1.82, 2.24) is 0 Å². The molecule has 0 aliphatic heterocycles. The molecular formula is C12H18ClNO2. The van der Waals surface area contributed by atoms with E-state index >= 15 is 0 Å². The van der Waals surface area contributed by atoms with Crippen LogP contribution in [-0.2, 0) is 0 Å². The second-order valence-corrected chi connectivity index (χ2v) is 4.09. The van der Waals surface area contributed by atoms with Crippen LogP contribution in [0.25, 0.3) is 0 Å². The molecule has 16 heavy (non-hydrogen) atoms. The van der Waals surface area contributed by atoms with Crippen molar-refractivity contribution >= 4 is 11.6 Å². The molecule has 4 heteroatoms. The van der Waals surface area contributed by atoms with Crippen LogP contribution in [0.3, 0.4) is 0 Å². The van der Waals surface area contributed by atoms with Gasteiger partial charge >= 0.3 is 0 Å². The first-order chi connectivity index (χ1) is 7.63. The van der Waals surface area contributed by atoms with Crippen molar-refractivity contribution in [3.63, 3.8) is 0 Å². The van der Waals surface area contributed by atoms with Crippen LogP contribution in [-0.4, -0.2) is 24.9 Å². The molecule has 90 valence electrons. The lowest BCUT2D eigenvalue weighted by Crippen LogP contribution is -2.17. The maximum atomic E-state index is 9.21. The fourth-order valence-corrected chi connectivity index (χ4v) is 1.90. The van der Waals surface area contributed by atoms with Crippen LogP contribution in [0.15, 0.2) is 12.1 Å². The molecule has 0 heterocycles. The molecule has 0 bridgehead atoms. The lowest BCUT2D eigenvalue weighted by molar-refractivity contribution is 0.267. The minimum atomic E-state index is -0.0619. The molecule has 1 unspecified atom stereocenters. The standard InChI is InChI=1S/C12H18ClNO2/c1-3-16-12-4-8(2)10(5-11(12)13)9(6-14)7-15/h4-5,9,15H,3,6-7,14H2,1-2H3. The maximum Gasteiger partial charge on any atom is 0.138 e. The molecule has 1 aromatic rings. The van der Waals surface area contributed by atoms with Gasteiger partial charge in [0, 0.05) is 12.5 Å². The van der Waals surface area contributed by atoms with Gasteiger partial charge in [0.05, 0.1) is 18.2 Å². The molecule has 0 radical (unpaired) electrons. The van der Waals surface area contributed by atoms with Crippen molar-refractivity contribution in [2.24, 2.45) is 5.73 Å². The number of hydrogen-bond acceptors (Lipinski definition) is 3. The van der Waals surface area contributed by atoms with Gasteiger partial charge in [0.25, 0.3) is 0 Å². The summed E-state index contributed by atoms with van der Waals surface area (Å²) in [6.07, 6.45) is 0. The molecule has 1 rings (SSSR count). The molecule has 0 aliphatic rings. The lowest BCUT2D eigenvalue weighted by Gasteiger charge is -2.17. The van der Waals surface area contributed by atoms with E-state index in [-0.39, 0.29) is 12.5 Å². The summed E-state index contributed by atoms with van der Waals surface area (Å²) in [5.74, 6) is 0.618. The van der Waals surface area contributed by atoms with E-state index < -0.39 is 0 Å². The number of halogens is 1. The predicted octanol–water partition coefficient (Wildman–Crippen LogP) is 2.08. The van der Waals surface area contributed by atoms with Gasteiger partial charge in [0.1, 0.15) is 5.75 Å². The Hall–Kier alpha value is -0.770. The molecule has 0 aliphatic carbocycles. The zero-order valence-electron chi connectivity index (χ0n) is 9.66. The third kappa shape index (κ3) is 2.88. The Labute approximate surface area is 101 Å². The molecule has 0 aromatic heterocycles. The van der Waals surface area contributed by atoms with Gasteiger partial charge in [0.2, 0.25) is 0 Å². The Bertz CT molecular complexity index is 351. The van der Waals surface area contributed by atoms with E-state index in [1.807, 2.05) is 26.0 Å². The zero-order valence-corrected chi connectivity index (χ0v) is 10.4. The number of nitrogens with two attached hydrogens (primary N) is 1. The van der Waals surface area contributed by atoms with Crippen LogP contribution in [0.1, 0.15) is 24.0 Å². The van der Waals surface area contributed by atoms with Crippen molar-refractivity contribution in [2.75, 3.05) is 19.8 Å². The molecule has 3 nitrogen and oxygen atoms in total. The summed E-state index contributed by atoms with van der Waals surface area (Å²) in [7, 11) is 0. The number of hydrogen-bond donors (Lipinski definition) is 2. The molecular weight excluding hydrogens is 226 g/mol. The van der Waals surface area contributed by atoms with Crippen molar-refractivity contribution < 1.29 is 9.84 Å². The van der Waals surface area contributed by atoms with E-state index in [1.54, 1.807) is 0 Å². The summed E-state index contributed by atoms with van der Waals surface area (Å²) in [4.78, 5) is 0. The number of ether oxygens (including phenoxy) is 1. The maximum absolute atomic E-state index is 9.21. The zero-order chi connectivity index (χ0) is 12.1. The van der Waals surface area contributed by atoms with E-state index in [0.717, 1.165) is 11.1 Å². The topological polar surface area (TPSA) is 55.5 Å². The van der Waals surface area contributed by atoms with Crippen LogP contribution in [0.5, 0.6) is 5.75 Å². The van der Waals surface area contributed by atoms with Crippen LogP contribution in [0.4, 0.5) is 0 Å². The Morgan fingerprint density at radius 2 is 2.19 bits per heavy atom. The number of rotatable bonds is 5. The highest BCUT2D eigenvalue weighted by atomic mass is 35.5. The third-order valence-electron chi connectivity index (χ3n) is 2.57. The van der Waals surface area contributed by atoms with Crippen LogP contribution in [0, 0.1) is 6.92 Å². The second-order valence-electron chi connectivity index (χ2n) is 3.69. The van der Waals surface area contributed by atoms with Gasteiger partial charge in [-0.25, -0.2) is 0 Å². The highest BCUT2D eigenvalue weighted by molar-refractivity contribution is 6.32. The normalized spacial score (nSPS) is 12.6. The van der Waals surface area contributed by atoms with Gasteiger partial charge in [-0.15, -0.1) is 0 Å². The summed E-state index contributed by atoms with van der Waals surface area (Å²) in [6, 6.07) is 3.72. The summed E-state index contributed by atoms with van der Waals surface area (Å²) in [5.41, 5.74) is 7.62. The van der Waals surface area contributed by atoms with Gasteiger partial charge in [-0.3, -0.25) is 0 Å². The van der Waals surface area contributed by atoms with Crippen molar-refractivity contribution in [2.45, 2.75) is 19.8 Å². The first-order valence-electron chi connectivity index (χ1n) is 5.37. The number of aryl methyl sites for hydroxylation is 1. The monoisotopic (exact) mass is 243 g/mol. The van der Waals surface area contributed by atoms with Gasteiger partial charge in [-0.1, -0.05) is 11.6 Å². The van der Waals surface area contributed by atoms with Gasteiger partial charge in [-0.2, -0.15) is 0 Å². The fourth-order valence-electron chi connectivity index (χ4n) is 1.68. The third-order valence-corrected chi connectivity index (χ3v) is 2.86. The minimum absolute atomic E-state index is 0.0294. The number of aliphatic hydroxyl groups is 1. The first kappa shape index (κ1) is 13.3. The van der Waals surface area contributed by atoms with Crippen LogP contribution >= 0.6 is 11.6 Å². The molecule has 0 amide bonds. The van der Waals surface area contributed by atoms with Crippen molar-refractivity contribution in [1.29, 1.82) is 0 Å². The minimum Gasteiger partial charge on any atom is -0.492 e. The molecule has 3 N–H and O–H groups in total. The average molecular weight is 244 g/mol. The average Bonchev–Trinajstić information content (AvgIpc) is 2.26. The van der Waals surface area contributed by atoms with Crippen LogP contribution < -0.4 is 10.5 Å². The Morgan fingerprint density at radius 1 is 1.50 bits per heavy atom. The largest absolute Gasteiger partial charge is 0.492 e. The summed E-state index contributed by atoms with van der Waals surface area (Å²) in [6.45, 7) is 4.89. The lowest BCUT2D eigenvalue weighted by atomic mass is 9.95. The molecule has 0 saturated carbocycles. The van der Waals surface area contributed by atoms with Crippen molar-refractivity contribution in [3.8, 4) is 5.75 Å². The van der Waals surface area contributed by atoms with E-state index in [4.69, 9.17) is 22.1 Å². The van der Waals surface area contributed by atoms with E-state index in [0.29, 0.717) is 23.9 Å². The van der Waals surface area contributed by atoms with E-state index in [1.165, 1.54) is 0 Å². The highest BCUT2D eigenvalue weighted by Gasteiger charge is 2.14. The highest BCUT2D eigenvalue weighted by Crippen LogP contribution is 2.31. The summed E-state index contributed by atoms with van der Waals surface area (Å²) < 4.78 is 5.39. The van der Waals surface area contributed by atoms with Gasteiger partial charge < -0.3 is 15.6 Å². The molecule has 0 spiro atoms. The van der Waals surface area contributed by atoms with Crippen molar-refractivity contribution in [3.05, 3.63) is 28.3 Å². The fraction of sp³-hybridized carbons (Fsp3) is 0.500. The number of aliphatic hydroxyl groups excluding tert-OH is 1. The van der Waals surface area contributed by atoms with Crippen LogP contribution in [0.2, 0.25) is 5.02 Å². The van der Waals surface area contributed by atoms with E-state index in [2.05, 4.69) is 0 Å². The molecule has 0 saturated heterocycles. The molecule has 1 atom stereocenters.